The summed E-state index contributed by atoms with van der Waals surface area (Å²) < 4.78 is 5.08. The Labute approximate surface area is 113 Å². The molecule has 2 fully saturated rings. The van der Waals surface area contributed by atoms with Gasteiger partial charge in [-0.2, -0.15) is 0 Å². The summed E-state index contributed by atoms with van der Waals surface area (Å²) in [5.41, 5.74) is -0.915. The molecule has 108 valence electrons. The topological polar surface area (TPSA) is 66.8 Å². The first-order valence-corrected chi connectivity index (χ1v) is 7.10. The highest BCUT2D eigenvalue weighted by molar-refractivity contribution is 5.81. The number of carboxylic acids is 1. The second-order valence-electron chi connectivity index (χ2n) is 5.86. The van der Waals surface area contributed by atoms with E-state index in [1.165, 1.54) is 7.11 Å². The van der Waals surface area contributed by atoms with Crippen LogP contribution in [-0.2, 0) is 14.3 Å². The quantitative estimate of drug-likeness (QED) is 0.840. The predicted octanol–water partition coefficient (Wildman–Crippen LogP) is 1.52. The van der Waals surface area contributed by atoms with E-state index in [9.17, 15) is 14.7 Å². The van der Waals surface area contributed by atoms with Crippen molar-refractivity contribution in [1.82, 2.24) is 4.90 Å². The molecule has 2 rings (SSSR count). The Bertz CT molecular complexity index is 347. The molecule has 1 saturated heterocycles. The lowest BCUT2D eigenvalue weighted by Crippen LogP contribution is -2.53. The fourth-order valence-corrected chi connectivity index (χ4v) is 3.38. The fraction of sp³-hybridized carbons (Fsp3) is 0.857. The van der Waals surface area contributed by atoms with E-state index in [1.54, 1.807) is 4.90 Å². The third-order valence-corrected chi connectivity index (χ3v) is 4.47. The van der Waals surface area contributed by atoms with Gasteiger partial charge in [-0.3, -0.25) is 9.59 Å². The van der Waals surface area contributed by atoms with Crippen molar-refractivity contribution in [2.24, 2.45) is 11.3 Å². The first-order chi connectivity index (χ1) is 9.09. The van der Waals surface area contributed by atoms with Crippen molar-refractivity contribution in [1.29, 1.82) is 0 Å². The number of carbonyl (C=O) groups excluding carboxylic acids is 1. The third-order valence-electron chi connectivity index (χ3n) is 4.47. The smallest absolute Gasteiger partial charge is 0.313 e. The minimum Gasteiger partial charge on any atom is -0.481 e. The van der Waals surface area contributed by atoms with Gasteiger partial charge < -0.3 is 14.7 Å². The molecule has 1 amide bonds. The van der Waals surface area contributed by atoms with Gasteiger partial charge in [0.25, 0.3) is 0 Å². The molecular weight excluding hydrogens is 246 g/mol. The van der Waals surface area contributed by atoms with E-state index >= 15 is 0 Å². The number of rotatable bonds is 4. The zero-order chi connectivity index (χ0) is 13.9. The second kappa shape index (κ2) is 5.90. The molecule has 1 aliphatic carbocycles. The molecule has 1 N–H and O–H groups in total. The monoisotopic (exact) mass is 269 g/mol. The van der Waals surface area contributed by atoms with Crippen LogP contribution in [0.5, 0.6) is 0 Å². The molecule has 2 aliphatic rings. The standard InChI is InChI=1S/C14H23NO4/c1-19-10-14(13(17)18)7-4-8-15(9-14)12(16)11-5-2-3-6-11/h11H,2-10H2,1H3,(H,17,18). The van der Waals surface area contributed by atoms with Crippen LogP contribution < -0.4 is 0 Å². The average molecular weight is 269 g/mol. The van der Waals surface area contributed by atoms with Gasteiger partial charge in [-0.15, -0.1) is 0 Å². The summed E-state index contributed by atoms with van der Waals surface area (Å²) in [5, 5.41) is 9.47. The van der Waals surface area contributed by atoms with Crippen molar-refractivity contribution in [2.75, 3.05) is 26.8 Å². The van der Waals surface area contributed by atoms with E-state index in [2.05, 4.69) is 0 Å². The summed E-state index contributed by atoms with van der Waals surface area (Å²) in [6.07, 6.45) is 5.48. The first kappa shape index (κ1) is 14.3. The Morgan fingerprint density at radius 1 is 1.32 bits per heavy atom. The number of hydrogen-bond donors (Lipinski definition) is 1. The number of carbonyl (C=O) groups is 2. The van der Waals surface area contributed by atoms with Gasteiger partial charge in [0.05, 0.1) is 6.61 Å². The SMILES string of the molecule is COCC1(C(=O)O)CCCN(C(=O)C2CCCC2)C1. The molecular formula is C14H23NO4. The summed E-state index contributed by atoms with van der Waals surface area (Å²) in [4.78, 5) is 25.7. The molecule has 0 radical (unpaired) electrons. The van der Waals surface area contributed by atoms with Crippen molar-refractivity contribution < 1.29 is 19.4 Å². The van der Waals surface area contributed by atoms with Gasteiger partial charge in [0.2, 0.25) is 5.91 Å². The van der Waals surface area contributed by atoms with Crippen LogP contribution in [-0.4, -0.2) is 48.7 Å². The normalized spacial score (nSPS) is 28.6. The third kappa shape index (κ3) is 2.91. The second-order valence-corrected chi connectivity index (χ2v) is 5.86. The molecule has 1 aliphatic heterocycles. The minimum atomic E-state index is -0.915. The lowest BCUT2D eigenvalue weighted by Gasteiger charge is -2.40. The van der Waals surface area contributed by atoms with Crippen LogP contribution in [0.2, 0.25) is 0 Å². The first-order valence-electron chi connectivity index (χ1n) is 7.10. The molecule has 0 aromatic carbocycles. The number of likely N-dealkylation sites (tertiary alicyclic amines) is 1. The molecule has 1 heterocycles. The van der Waals surface area contributed by atoms with Crippen LogP contribution in [0.3, 0.4) is 0 Å². The molecule has 5 nitrogen and oxygen atoms in total. The predicted molar refractivity (Wildman–Crippen MR) is 69.7 cm³/mol. The fourth-order valence-electron chi connectivity index (χ4n) is 3.38. The summed E-state index contributed by atoms with van der Waals surface area (Å²) in [6.45, 7) is 1.16. The number of piperidine rings is 1. The van der Waals surface area contributed by atoms with Crippen LogP contribution >= 0.6 is 0 Å². The maximum Gasteiger partial charge on any atom is 0.313 e. The molecule has 0 aromatic rings. The zero-order valence-electron chi connectivity index (χ0n) is 11.6. The number of methoxy groups -OCH3 is 1. The van der Waals surface area contributed by atoms with E-state index < -0.39 is 11.4 Å². The van der Waals surface area contributed by atoms with Crippen LogP contribution in [0.1, 0.15) is 38.5 Å². The van der Waals surface area contributed by atoms with Crippen LogP contribution in [0, 0.1) is 11.3 Å². The number of aliphatic carboxylic acids is 1. The number of ether oxygens (including phenoxy) is 1. The van der Waals surface area contributed by atoms with E-state index in [0.717, 1.165) is 32.1 Å². The largest absolute Gasteiger partial charge is 0.481 e. The highest BCUT2D eigenvalue weighted by atomic mass is 16.5. The van der Waals surface area contributed by atoms with E-state index in [4.69, 9.17) is 4.74 Å². The van der Waals surface area contributed by atoms with E-state index in [0.29, 0.717) is 19.5 Å². The summed E-state index contributed by atoms with van der Waals surface area (Å²) in [7, 11) is 1.52. The molecule has 5 heteroatoms. The van der Waals surface area contributed by atoms with Crippen molar-refractivity contribution in [3.63, 3.8) is 0 Å². The molecule has 1 unspecified atom stereocenters. The van der Waals surface area contributed by atoms with Crippen molar-refractivity contribution >= 4 is 11.9 Å². The Balaban J connectivity index is 2.06. The van der Waals surface area contributed by atoms with Gasteiger partial charge in [0.15, 0.2) is 0 Å². The van der Waals surface area contributed by atoms with E-state index in [1.807, 2.05) is 0 Å². The van der Waals surface area contributed by atoms with Crippen molar-refractivity contribution in [3.8, 4) is 0 Å². The summed E-state index contributed by atoms with van der Waals surface area (Å²) in [6, 6.07) is 0. The van der Waals surface area contributed by atoms with Gasteiger partial charge >= 0.3 is 5.97 Å². The average Bonchev–Trinajstić information content (AvgIpc) is 2.92. The highest BCUT2D eigenvalue weighted by Crippen LogP contribution is 2.34. The molecule has 0 spiro atoms. The number of hydrogen-bond acceptors (Lipinski definition) is 3. The Hall–Kier alpha value is -1.10. The molecule has 0 aromatic heterocycles. The van der Waals surface area contributed by atoms with Gasteiger partial charge in [-0.25, -0.2) is 0 Å². The van der Waals surface area contributed by atoms with Gasteiger partial charge in [-0.05, 0) is 25.7 Å². The van der Waals surface area contributed by atoms with Gasteiger partial charge in [0.1, 0.15) is 5.41 Å². The van der Waals surface area contributed by atoms with Gasteiger partial charge in [-0.1, -0.05) is 12.8 Å². The lowest BCUT2D eigenvalue weighted by molar-refractivity contribution is -0.159. The molecule has 0 bridgehead atoms. The molecule has 1 saturated carbocycles. The number of carboxylic acid groups (broad SMARTS) is 1. The zero-order valence-corrected chi connectivity index (χ0v) is 11.6. The lowest BCUT2D eigenvalue weighted by atomic mass is 9.80. The van der Waals surface area contributed by atoms with E-state index in [-0.39, 0.29) is 18.4 Å². The maximum absolute atomic E-state index is 12.4. The Kier molecular flexibility index (Phi) is 4.45. The maximum atomic E-state index is 12.4. The summed E-state index contributed by atoms with van der Waals surface area (Å²) >= 11 is 0. The van der Waals surface area contributed by atoms with Crippen LogP contribution in [0.4, 0.5) is 0 Å². The molecule has 19 heavy (non-hydrogen) atoms. The van der Waals surface area contributed by atoms with Gasteiger partial charge in [0, 0.05) is 26.1 Å². The minimum absolute atomic E-state index is 0.118. The highest BCUT2D eigenvalue weighted by Gasteiger charge is 2.44. The Morgan fingerprint density at radius 2 is 2.00 bits per heavy atom. The summed E-state index contributed by atoms with van der Waals surface area (Å²) in [5.74, 6) is -0.579. The van der Waals surface area contributed by atoms with Crippen LogP contribution in [0.15, 0.2) is 0 Å². The van der Waals surface area contributed by atoms with Crippen LogP contribution in [0.25, 0.3) is 0 Å². The Morgan fingerprint density at radius 3 is 2.58 bits per heavy atom. The van der Waals surface area contributed by atoms with Crippen molar-refractivity contribution in [3.05, 3.63) is 0 Å². The number of amides is 1. The number of nitrogens with zero attached hydrogens (tertiary/aromatic N) is 1. The molecule has 1 atom stereocenters. The van der Waals surface area contributed by atoms with Crippen molar-refractivity contribution in [2.45, 2.75) is 38.5 Å².